The highest BCUT2D eigenvalue weighted by Gasteiger charge is 2.19. The molecule has 1 unspecified atom stereocenters. The van der Waals surface area contributed by atoms with Gasteiger partial charge in [-0.1, -0.05) is 245 Å². The van der Waals surface area contributed by atoms with Gasteiger partial charge in [-0.15, -0.1) is 0 Å². The maximum absolute atomic E-state index is 12.7. The first kappa shape index (κ1) is 58.1. The van der Waals surface area contributed by atoms with E-state index in [0.29, 0.717) is 19.3 Å². The predicted octanol–water partition coefficient (Wildman–Crippen LogP) is 17.4. The first-order valence-electron chi connectivity index (χ1n) is 26.7. The van der Waals surface area contributed by atoms with Gasteiger partial charge in [0.2, 0.25) is 0 Å². The number of rotatable bonds is 49. The van der Waals surface area contributed by atoms with Gasteiger partial charge in [-0.05, 0) is 44.9 Å². The van der Waals surface area contributed by atoms with Gasteiger partial charge in [0.25, 0.3) is 0 Å². The van der Waals surface area contributed by atoms with E-state index in [0.717, 1.165) is 64.2 Å². The first-order chi connectivity index (χ1) is 29.5. The Labute approximate surface area is 373 Å². The summed E-state index contributed by atoms with van der Waals surface area (Å²) in [6.07, 6.45) is 55.0. The van der Waals surface area contributed by atoms with Crippen molar-refractivity contribution in [2.24, 2.45) is 0 Å². The van der Waals surface area contributed by atoms with Crippen molar-refractivity contribution in [3.8, 4) is 0 Å². The van der Waals surface area contributed by atoms with Crippen molar-refractivity contribution in [1.29, 1.82) is 0 Å². The summed E-state index contributed by atoms with van der Waals surface area (Å²) in [6.45, 7) is 6.63. The second kappa shape index (κ2) is 49.8. The van der Waals surface area contributed by atoms with E-state index in [1.54, 1.807) is 0 Å². The van der Waals surface area contributed by atoms with Crippen LogP contribution in [0.1, 0.15) is 297 Å². The SMILES string of the molecule is CCCCC/C=C\CCCCCCCC(=O)OC(COC(=O)CCCCCCCCCCC)COC(=O)CCCCCCCCCCCCCCCCCCCCCCC. The van der Waals surface area contributed by atoms with Crippen molar-refractivity contribution in [3.63, 3.8) is 0 Å². The lowest BCUT2D eigenvalue weighted by molar-refractivity contribution is -0.167. The van der Waals surface area contributed by atoms with Crippen LogP contribution in [0, 0.1) is 0 Å². The van der Waals surface area contributed by atoms with Crippen molar-refractivity contribution in [3.05, 3.63) is 12.2 Å². The molecule has 354 valence electrons. The van der Waals surface area contributed by atoms with Crippen LogP contribution in [0.25, 0.3) is 0 Å². The summed E-state index contributed by atoms with van der Waals surface area (Å²) >= 11 is 0. The minimum Gasteiger partial charge on any atom is -0.462 e. The van der Waals surface area contributed by atoms with E-state index in [9.17, 15) is 14.4 Å². The molecular weight excluding hydrogens is 745 g/mol. The lowest BCUT2D eigenvalue weighted by Crippen LogP contribution is -2.30. The summed E-state index contributed by atoms with van der Waals surface area (Å²) in [5.41, 5.74) is 0. The number of carbonyl (C=O) groups is 3. The number of hydrogen-bond acceptors (Lipinski definition) is 6. The minimum atomic E-state index is -0.766. The van der Waals surface area contributed by atoms with Crippen LogP contribution in [0.5, 0.6) is 0 Å². The average Bonchev–Trinajstić information content (AvgIpc) is 3.24. The lowest BCUT2D eigenvalue weighted by Gasteiger charge is -2.18. The molecule has 0 aromatic rings. The summed E-state index contributed by atoms with van der Waals surface area (Å²) in [7, 11) is 0. The fourth-order valence-corrected chi connectivity index (χ4v) is 7.97. The summed E-state index contributed by atoms with van der Waals surface area (Å²) in [4.78, 5) is 37.8. The van der Waals surface area contributed by atoms with E-state index >= 15 is 0 Å². The average molecular weight is 847 g/mol. The Morgan fingerprint density at radius 3 is 0.867 bits per heavy atom. The van der Waals surface area contributed by atoms with Crippen molar-refractivity contribution in [2.75, 3.05) is 13.2 Å². The smallest absolute Gasteiger partial charge is 0.306 e. The monoisotopic (exact) mass is 847 g/mol. The number of unbranched alkanes of at least 4 members (excludes halogenated alkanes) is 36. The molecule has 0 bridgehead atoms. The largest absolute Gasteiger partial charge is 0.462 e. The number of esters is 3. The molecule has 6 nitrogen and oxygen atoms in total. The third-order valence-corrected chi connectivity index (χ3v) is 12.0. The predicted molar refractivity (Wildman–Crippen MR) is 256 cm³/mol. The Morgan fingerprint density at radius 2 is 0.550 bits per heavy atom. The molecule has 1 atom stereocenters. The zero-order chi connectivity index (χ0) is 43.7. The summed E-state index contributed by atoms with van der Waals surface area (Å²) in [6, 6.07) is 0. The van der Waals surface area contributed by atoms with Gasteiger partial charge in [-0.3, -0.25) is 14.4 Å². The number of ether oxygens (including phenoxy) is 3. The van der Waals surface area contributed by atoms with Crippen molar-refractivity contribution >= 4 is 17.9 Å². The number of hydrogen-bond donors (Lipinski definition) is 0. The quantitative estimate of drug-likeness (QED) is 0.0263. The molecule has 0 saturated heterocycles. The maximum atomic E-state index is 12.7. The van der Waals surface area contributed by atoms with Gasteiger partial charge in [0, 0.05) is 19.3 Å². The van der Waals surface area contributed by atoms with Crippen molar-refractivity contribution in [1.82, 2.24) is 0 Å². The van der Waals surface area contributed by atoms with Crippen LogP contribution in [-0.2, 0) is 28.6 Å². The molecule has 6 heteroatoms. The molecule has 0 radical (unpaired) electrons. The van der Waals surface area contributed by atoms with Gasteiger partial charge in [-0.2, -0.15) is 0 Å². The number of allylic oxidation sites excluding steroid dienone is 2. The zero-order valence-corrected chi connectivity index (χ0v) is 40.5. The zero-order valence-electron chi connectivity index (χ0n) is 40.5. The molecule has 0 heterocycles. The fraction of sp³-hybridized carbons (Fsp3) is 0.907. The first-order valence-corrected chi connectivity index (χ1v) is 26.7. The van der Waals surface area contributed by atoms with Gasteiger partial charge in [0.1, 0.15) is 13.2 Å². The van der Waals surface area contributed by atoms with E-state index in [1.165, 1.54) is 193 Å². The maximum Gasteiger partial charge on any atom is 0.306 e. The van der Waals surface area contributed by atoms with Crippen LogP contribution in [-0.4, -0.2) is 37.2 Å². The van der Waals surface area contributed by atoms with Crippen LogP contribution in [0.2, 0.25) is 0 Å². The topological polar surface area (TPSA) is 78.9 Å². The van der Waals surface area contributed by atoms with Gasteiger partial charge >= 0.3 is 17.9 Å². The minimum absolute atomic E-state index is 0.0684. The van der Waals surface area contributed by atoms with E-state index in [-0.39, 0.29) is 31.1 Å². The Hall–Kier alpha value is -1.85. The van der Waals surface area contributed by atoms with Crippen LogP contribution in [0.4, 0.5) is 0 Å². The van der Waals surface area contributed by atoms with Crippen LogP contribution in [0.3, 0.4) is 0 Å². The third-order valence-electron chi connectivity index (χ3n) is 12.0. The summed E-state index contributed by atoms with van der Waals surface area (Å²) in [5, 5.41) is 0. The Bertz CT molecular complexity index is 931. The molecular formula is C54H102O6. The summed E-state index contributed by atoms with van der Waals surface area (Å²) < 4.78 is 16.8. The second-order valence-electron chi connectivity index (χ2n) is 18.2. The molecule has 0 spiro atoms. The molecule has 0 N–H and O–H groups in total. The van der Waals surface area contributed by atoms with E-state index in [1.807, 2.05) is 0 Å². The van der Waals surface area contributed by atoms with Crippen molar-refractivity contribution < 1.29 is 28.6 Å². The van der Waals surface area contributed by atoms with E-state index in [2.05, 4.69) is 32.9 Å². The Kier molecular flexibility index (Phi) is 48.3. The molecule has 0 rings (SSSR count). The van der Waals surface area contributed by atoms with E-state index < -0.39 is 6.10 Å². The molecule has 0 aromatic heterocycles. The molecule has 0 aliphatic carbocycles. The second-order valence-corrected chi connectivity index (χ2v) is 18.2. The molecule has 0 aliphatic heterocycles. The highest BCUT2D eigenvalue weighted by molar-refractivity contribution is 5.71. The fourth-order valence-electron chi connectivity index (χ4n) is 7.97. The third kappa shape index (κ3) is 47.2. The standard InChI is InChI=1S/C54H102O6/c1-4-7-10-13-16-19-21-23-24-25-26-27-28-29-30-31-33-35-38-41-44-47-53(56)59-50-51(49-58-52(55)46-43-40-37-34-18-15-12-9-6-3)60-54(57)48-45-42-39-36-32-22-20-17-14-11-8-5-2/h17,20,51H,4-16,18-19,21-50H2,1-3H3/b20-17-. The van der Waals surface area contributed by atoms with Crippen LogP contribution in [0.15, 0.2) is 12.2 Å². The highest BCUT2D eigenvalue weighted by Crippen LogP contribution is 2.17. The molecule has 0 amide bonds. The molecule has 0 aliphatic rings. The molecule has 60 heavy (non-hydrogen) atoms. The van der Waals surface area contributed by atoms with Gasteiger partial charge < -0.3 is 14.2 Å². The van der Waals surface area contributed by atoms with E-state index in [4.69, 9.17) is 14.2 Å². The Morgan fingerprint density at radius 1 is 0.317 bits per heavy atom. The van der Waals surface area contributed by atoms with Gasteiger partial charge in [0.15, 0.2) is 6.10 Å². The normalized spacial score (nSPS) is 12.0. The number of carbonyl (C=O) groups excluding carboxylic acids is 3. The van der Waals surface area contributed by atoms with Crippen molar-refractivity contribution in [2.45, 2.75) is 303 Å². The van der Waals surface area contributed by atoms with Gasteiger partial charge in [0.05, 0.1) is 0 Å². The molecule has 0 aromatic carbocycles. The Balaban J connectivity index is 4.18. The lowest BCUT2D eigenvalue weighted by atomic mass is 10.0. The molecule has 0 saturated carbocycles. The van der Waals surface area contributed by atoms with Crippen LogP contribution < -0.4 is 0 Å². The van der Waals surface area contributed by atoms with Crippen LogP contribution >= 0.6 is 0 Å². The highest BCUT2D eigenvalue weighted by atomic mass is 16.6. The molecule has 0 fully saturated rings. The summed E-state index contributed by atoms with van der Waals surface area (Å²) in [5.74, 6) is -0.864. The van der Waals surface area contributed by atoms with Gasteiger partial charge in [-0.25, -0.2) is 0 Å².